The summed E-state index contributed by atoms with van der Waals surface area (Å²) in [5.74, 6) is 0. The van der Waals surface area contributed by atoms with E-state index in [1.807, 2.05) is 18.2 Å². The van der Waals surface area contributed by atoms with Gasteiger partial charge in [0.25, 0.3) is 0 Å². The van der Waals surface area contributed by atoms with Gasteiger partial charge in [0.2, 0.25) is 10.0 Å². The molecule has 1 heterocycles. The van der Waals surface area contributed by atoms with Crippen molar-refractivity contribution in [3.63, 3.8) is 0 Å². The third-order valence-corrected chi connectivity index (χ3v) is 6.74. The Bertz CT molecular complexity index is 1130. The maximum atomic E-state index is 12.5. The zero-order valence-electron chi connectivity index (χ0n) is 14.6. The summed E-state index contributed by atoms with van der Waals surface area (Å²) in [7, 11) is -3.65. The minimum Gasteiger partial charge on any atom is -0.294 e. The molecule has 3 aromatic rings. The van der Waals surface area contributed by atoms with Gasteiger partial charge in [-0.2, -0.15) is 0 Å². The molecule has 1 aromatic heterocycles. The quantitative estimate of drug-likeness (QED) is 0.710. The highest BCUT2D eigenvalue weighted by molar-refractivity contribution is 7.89. The monoisotopic (exact) mass is 410 g/mol. The third-order valence-electron chi connectivity index (χ3n) is 3.68. The average molecular weight is 411 g/mol. The lowest BCUT2D eigenvalue weighted by Gasteiger charge is -2.20. The number of sulfonamides is 1. The lowest BCUT2D eigenvalue weighted by Crippen LogP contribution is -2.40. The highest BCUT2D eigenvalue weighted by Crippen LogP contribution is 2.24. The van der Waals surface area contributed by atoms with E-state index in [0.29, 0.717) is 21.8 Å². The molecule has 5 nitrogen and oxygen atoms in total. The second-order valence-corrected chi connectivity index (χ2v) is 10.1. The fraction of sp³-hybridized carbons (Fsp3) is 0.278. The molecule has 138 valence electrons. The molecule has 8 heteroatoms. The average Bonchev–Trinajstić information content (AvgIpc) is 2.82. The van der Waals surface area contributed by atoms with E-state index in [-0.39, 0.29) is 9.77 Å². The van der Waals surface area contributed by atoms with Gasteiger partial charge in [0.15, 0.2) is 0 Å². The highest BCUT2D eigenvalue weighted by Gasteiger charge is 2.23. The van der Waals surface area contributed by atoms with Gasteiger partial charge in [0.1, 0.15) is 0 Å². The number of aromatic nitrogens is 1. The number of nitrogens with zero attached hydrogens (tertiary/aromatic N) is 1. The summed E-state index contributed by atoms with van der Waals surface area (Å²) in [6.07, 6.45) is 0. The van der Waals surface area contributed by atoms with Crippen LogP contribution >= 0.6 is 22.9 Å². The Morgan fingerprint density at radius 1 is 1.15 bits per heavy atom. The van der Waals surface area contributed by atoms with Crippen molar-refractivity contribution in [2.24, 2.45) is 0 Å². The molecule has 0 saturated heterocycles. The van der Waals surface area contributed by atoms with Gasteiger partial charge in [-0.05, 0) is 50.6 Å². The molecule has 0 fully saturated rings. The predicted molar refractivity (Wildman–Crippen MR) is 107 cm³/mol. The number of fused-ring (bicyclic) bond motifs is 1. The van der Waals surface area contributed by atoms with E-state index in [2.05, 4.69) is 4.72 Å². The highest BCUT2D eigenvalue weighted by atomic mass is 35.5. The van der Waals surface area contributed by atoms with E-state index >= 15 is 0 Å². The topological polar surface area (TPSA) is 68.2 Å². The van der Waals surface area contributed by atoms with Crippen LogP contribution in [0.5, 0.6) is 0 Å². The molecule has 0 radical (unpaired) electrons. The van der Waals surface area contributed by atoms with Crippen LogP contribution in [-0.4, -0.2) is 18.5 Å². The van der Waals surface area contributed by atoms with Crippen LogP contribution in [0.2, 0.25) is 5.02 Å². The molecule has 0 unspecified atom stereocenters. The summed E-state index contributed by atoms with van der Waals surface area (Å²) in [4.78, 5) is 12.4. The van der Waals surface area contributed by atoms with Crippen LogP contribution < -0.4 is 9.60 Å². The minimum atomic E-state index is -3.65. The van der Waals surface area contributed by atoms with Crippen molar-refractivity contribution < 1.29 is 8.42 Å². The van der Waals surface area contributed by atoms with Crippen molar-refractivity contribution in [2.45, 2.75) is 37.8 Å². The van der Waals surface area contributed by atoms with E-state index in [0.717, 1.165) is 16.9 Å². The predicted octanol–water partition coefficient (Wildman–Crippen LogP) is 3.84. The Morgan fingerprint density at radius 2 is 1.85 bits per heavy atom. The van der Waals surface area contributed by atoms with Crippen LogP contribution in [0.3, 0.4) is 0 Å². The van der Waals surface area contributed by atoms with Gasteiger partial charge < -0.3 is 0 Å². The maximum Gasteiger partial charge on any atom is 0.308 e. The number of hydrogen-bond donors (Lipinski definition) is 1. The zero-order chi connectivity index (χ0) is 19.1. The Morgan fingerprint density at radius 3 is 2.50 bits per heavy atom. The molecule has 0 aliphatic carbocycles. The van der Waals surface area contributed by atoms with Gasteiger partial charge >= 0.3 is 4.87 Å². The second kappa shape index (κ2) is 6.81. The van der Waals surface area contributed by atoms with Gasteiger partial charge in [-0.3, -0.25) is 9.36 Å². The first-order valence-electron chi connectivity index (χ1n) is 7.98. The van der Waals surface area contributed by atoms with Crippen molar-refractivity contribution in [1.29, 1.82) is 0 Å². The fourth-order valence-electron chi connectivity index (χ4n) is 2.62. The van der Waals surface area contributed by atoms with Crippen LogP contribution in [-0.2, 0) is 16.6 Å². The van der Waals surface area contributed by atoms with E-state index in [1.54, 1.807) is 43.5 Å². The summed E-state index contributed by atoms with van der Waals surface area (Å²) in [6, 6.07) is 12.1. The standard InChI is InChI=1S/C18H19ClN2O3S2/c1-18(2,3)20-26(23,24)13-8-9-15-16(10-13)25-17(22)21(15)11-12-6-4-5-7-14(12)19/h4-10,20H,11H2,1-3H3. The van der Waals surface area contributed by atoms with Crippen LogP contribution in [0.4, 0.5) is 0 Å². The van der Waals surface area contributed by atoms with Gasteiger partial charge in [0.05, 0.1) is 21.7 Å². The molecule has 0 aliphatic heterocycles. The maximum absolute atomic E-state index is 12.5. The van der Waals surface area contributed by atoms with Gasteiger partial charge in [0, 0.05) is 10.6 Å². The lowest BCUT2D eigenvalue weighted by molar-refractivity contribution is 0.491. The fourth-order valence-corrected chi connectivity index (χ4v) is 5.27. The Labute approximate surface area is 161 Å². The summed E-state index contributed by atoms with van der Waals surface area (Å²) < 4.78 is 29.9. The number of hydrogen-bond acceptors (Lipinski definition) is 4. The van der Waals surface area contributed by atoms with Crippen molar-refractivity contribution in [1.82, 2.24) is 9.29 Å². The van der Waals surface area contributed by atoms with Crippen LogP contribution in [0.15, 0.2) is 52.2 Å². The zero-order valence-corrected chi connectivity index (χ0v) is 17.0. The number of halogens is 1. The van der Waals surface area contributed by atoms with Crippen LogP contribution in [0, 0.1) is 0 Å². The third kappa shape index (κ3) is 4.01. The largest absolute Gasteiger partial charge is 0.308 e. The van der Waals surface area contributed by atoms with Gasteiger partial charge in [-0.15, -0.1) is 0 Å². The molecule has 0 atom stereocenters. The Hall–Kier alpha value is -1.67. The lowest BCUT2D eigenvalue weighted by atomic mass is 10.1. The molecule has 0 spiro atoms. The van der Waals surface area contributed by atoms with E-state index < -0.39 is 15.6 Å². The first-order chi connectivity index (χ1) is 12.1. The summed E-state index contributed by atoms with van der Waals surface area (Å²) in [6.45, 7) is 5.68. The molecule has 3 rings (SSSR count). The van der Waals surface area contributed by atoms with Crippen molar-refractivity contribution in [3.05, 3.63) is 62.7 Å². The van der Waals surface area contributed by atoms with Gasteiger partial charge in [-0.25, -0.2) is 13.1 Å². The van der Waals surface area contributed by atoms with E-state index in [9.17, 15) is 13.2 Å². The molecular weight excluding hydrogens is 392 g/mol. The van der Waals surface area contributed by atoms with E-state index in [1.165, 1.54) is 6.07 Å². The Balaban J connectivity index is 2.04. The van der Waals surface area contributed by atoms with Crippen molar-refractivity contribution in [3.8, 4) is 0 Å². The van der Waals surface area contributed by atoms with Crippen molar-refractivity contribution >= 4 is 43.2 Å². The first-order valence-corrected chi connectivity index (χ1v) is 10.7. The number of benzene rings is 2. The van der Waals surface area contributed by atoms with Crippen LogP contribution in [0.1, 0.15) is 26.3 Å². The molecule has 0 amide bonds. The second-order valence-electron chi connectivity index (χ2n) is 7.03. The first kappa shape index (κ1) is 19.1. The SMILES string of the molecule is CC(C)(C)NS(=O)(=O)c1ccc2c(c1)sc(=O)n2Cc1ccccc1Cl. The molecule has 0 bridgehead atoms. The Kier molecular flexibility index (Phi) is 5.00. The molecule has 0 aliphatic rings. The number of rotatable bonds is 4. The smallest absolute Gasteiger partial charge is 0.294 e. The molecular formula is C18H19ClN2O3S2. The number of thiazole rings is 1. The summed E-state index contributed by atoms with van der Waals surface area (Å²) >= 11 is 7.22. The minimum absolute atomic E-state index is 0.145. The number of nitrogens with one attached hydrogen (secondary N) is 1. The summed E-state index contributed by atoms with van der Waals surface area (Å²) in [5, 5.41) is 0.590. The van der Waals surface area contributed by atoms with Crippen LogP contribution in [0.25, 0.3) is 10.2 Å². The molecule has 26 heavy (non-hydrogen) atoms. The molecule has 0 saturated carbocycles. The normalized spacial score (nSPS) is 12.6. The van der Waals surface area contributed by atoms with Crippen molar-refractivity contribution in [2.75, 3.05) is 0 Å². The van der Waals surface area contributed by atoms with E-state index in [4.69, 9.17) is 11.6 Å². The summed E-state index contributed by atoms with van der Waals surface area (Å²) in [5.41, 5.74) is 0.938. The molecule has 1 N–H and O–H groups in total. The van der Waals surface area contributed by atoms with Gasteiger partial charge in [-0.1, -0.05) is 41.1 Å². The molecule has 2 aromatic carbocycles.